The Morgan fingerprint density at radius 1 is 1.00 bits per heavy atom. The molecule has 7 heteroatoms. The highest BCUT2D eigenvalue weighted by atomic mass is 32.2. The molecule has 150 valence electrons. The molecule has 1 aliphatic rings. The highest BCUT2D eigenvalue weighted by Crippen LogP contribution is 2.41. The molecular formula is C22H21NO5S. The van der Waals surface area contributed by atoms with E-state index in [1.165, 1.54) is 12.1 Å². The number of aromatic nitrogens is 1. The van der Waals surface area contributed by atoms with E-state index >= 15 is 0 Å². The Morgan fingerprint density at radius 2 is 1.62 bits per heavy atom. The second kappa shape index (κ2) is 7.83. The third kappa shape index (κ3) is 3.58. The molecule has 6 nitrogen and oxygen atoms in total. The summed E-state index contributed by atoms with van der Waals surface area (Å²) in [5, 5.41) is 0. The largest absolute Gasteiger partial charge is 0.454 e. The van der Waals surface area contributed by atoms with Crippen molar-refractivity contribution in [1.82, 2.24) is 4.98 Å². The van der Waals surface area contributed by atoms with E-state index in [0.29, 0.717) is 18.6 Å². The lowest BCUT2D eigenvalue weighted by Crippen LogP contribution is -2.45. The fourth-order valence-corrected chi connectivity index (χ4v) is 5.80. The van der Waals surface area contributed by atoms with Gasteiger partial charge in [-0.2, -0.15) is 0 Å². The molecule has 1 heterocycles. The zero-order valence-electron chi connectivity index (χ0n) is 15.8. The Kier molecular flexibility index (Phi) is 5.24. The number of rotatable bonds is 6. The molecule has 29 heavy (non-hydrogen) atoms. The summed E-state index contributed by atoms with van der Waals surface area (Å²) in [6.45, 7) is -0.211. The van der Waals surface area contributed by atoms with Gasteiger partial charge in [-0.25, -0.2) is 13.4 Å². The van der Waals surface area contributed by atoms with Crippen LogP contribution in [0.5, 0.6) is 0 Å². The van der Waals surface area contributed by atoms with E-state index in [4.69, 9.17) is 9.15 Å². The van der Waals surface area contributed by atoms with Gasteiger partial charge in [-0.15, -0.1) is 0 Å². The van der Waals surface area contributed by atoms with Crippen LogP contribution in [-0.2, 0) is 26.0 Å². The normalized spacial score (nSPS) is 15.9. The predicted molar refractivity (Wildman–Crippen MR) is 107 cm³/mol. The molecule has 3 aromatic rings. The predicted octanol–water partition coefficient (Wildman–Crippen LogP) is 4.17. The van der Waals surface area contributed by atoms with E-state index in [1.807, 2.05) is 30.3 Å². The summed E-state index contributed by atoms with van der Waals surface area (Å²) in [6, 6.07) is 17.5. The molecule has 2 aromatic carbocycles. The van der Waals surface area contributed by atoms with Crippen LogP contribution < -0.4 is 0 Å². The van der Waals surface area contributed by atoms with Gasteiger partial charge in [0, 0.05) is 5.56 Å². The molecule has 0 atom stereocenters. The minimum absolute atomic E-state index is 0.140. The third-order valence-corrected chi connectivity index (χ3v) is 7.79. The second-order valence-electron chi connectivity index (χ2n) is 7.08. The number of oxazole rings is 1. The zero-order valence-corrected chi connectivity index (χ0v) is 16.6. The highest BCUT2D eigenvalue weighted by Gasteiger charge is 2.54. The van der Waals surface area contributed by atoms with Crippen molar-refractivity contribution in [3.05, 3.63) is 72.8 Å². The summed E-state index contributed by atoms with van der Waals surface area (Å²) in [4.78, 5) is 17.2. The Labute approximate surface area is 169 Å². The SMILES string of the molecule is O=C(OCc1ncc(-c2ccccc2)o1)C1(S(=O)(=O)c2ccccc2)CCCC1. The quantitative estimate of drug-likeness (QED) is 0.566. The fourth-order valence-electron chi connectivity index (χ4n) is 3.73. The molecule has 0 bridgehead atoms. The van der Waals surface area contributed by atoms with Crippen molar-refractivity contribution in [3.63, 3.8) is 0 Å². The maximum Gasteiger partial charge on any atom is 0.328 e. The molecule has 0 saturated heterocycles. The minimum Gasteiger partial charge on any atom is -0.454 e. The van der Waals surface area contributed by atoms with Crippen LogP contribution in [0.3, 0.4) is 0 Å². The van der Waals surface area contributed by atoms with Gasteiger partial charge in [0.15, 0.2) is 27.0 Å². The van der Waals surface area contributed by atoms with Gasteiger partial charge in [-0.05, 0) is 25.0 Å². The van der Waals surface area contributed by atoms with Gasteiger partial charge < -0.3 is 9.15 Å². The number of benzene rings is 2. The summed E-state index contributed by atoms with van der Waals surface area (Å²) in [7, 11) is -3.87. The maximum absolute atomic E-state index is 13.3. The Hall–Kier alpha value is -2.93. The van der Waals surface area contributed by atoms with Gasteiger partial charge in [0.25, 0.3) is 0 Å². The van der Waals surface area contributed by atoms with Crippen LogP contribution in [0.2, 0.25) is 0 Å². The van der Waals surface area contributed by atoms with E-state index < -0.39 is 20.6 Å². The van der Waals surface area contributed by atoms with Crippen LogP contribution in [0.25, 0.3) is 11.3 Å². The van der Waals surface area contributed by atoms with Crippen molar-refractivity contribution in [3.8, 4) is 11.3 Å². The molecule has 0 aliphatic heterocycles. The van der Waals surface area contributed by atoms with Crippen LogP contribution in [0.1, 0.15) is 31.6 Å². The first-order valence-electron chi connectivity index (χ1n) is 9.50. The van der Waals surface area contributed by atoms with E-state index in [0.717, 1.165) is 5.56 Å². The summed E-state index contributed by atoms with van der Waals surface area (Å²) < 4.78 is 36.0. The van der Waals surface area contributed by atoms with Gasteiger partial charge in [-0.3, -0.25) is 4.79 Å². The van der Waals surface area contributed by atoms with Crippen molar-refractivity contribution >= 4 is 15.8 Å². The van der Waals surface area contributed by atoms with Crippen LogP contribution in [0.4, 0.5) is 0 Å². The first-order valence-corrected chi connectivity index (χ1v) is 11.0. The first-order chi connectivity index (χ1) is 14.0. The van der Waals surface area contributed by atoms with E-state index in [-0.39, 0.29) is 30.2 Å². The van der Waals surface area contributed by atoms with Crippen molar-refractivity contribution in [1.29, 1.82) is 0 Å². The molecule has 1 fully saturated rings. The Bertz CT molecular complexity index is 1080. The van der Waals surface area contributed by atoms with Gasteiger partial charge in [0.05, 0.1) is 11.1 Å². The number of nitrogens with zero attached hydrogens (tertiary/aromatic N) is 1. The van der Waals surface area contributed by atoms with Crippen molar-refractivity contribution in [2.24, 2.45) is 0 Å². The number of carbonyl (C=O) groups is 1. The van der Waals surface area contributed by atoms with Crippen molar-refractivity contribution in [2.45, 2.75) is 41.9 Å². The zero-order chi connectivity index (χ0) is 20.3. The lowest BCUT2D eigenvalue weighted by molar-refractivity contribution is -0.148. The molecule has 0 N–H and O–H groups in total. The lowest BCUT2D eigenvalue weighted by Gasteiger charge is -2.26. The molecule has 1 aliphatic carbocycles. The van der Waals surface area contributed by atoms with E-state index in [2.05, 4.69) is 4.98 Å². The van der Waals surface area contributed by atoms with E-state index in [9.17, 15) is 13.2 Å². The van der Waals surface area contributed by atoms with Gasteiger partial charge in [-0.1, -0.05) is 61.4 Å². The molecule has 0 amide bonds. The number of carbonyl (C=O) groups excluding carboxylic acids is 1. The Morgan fingerprint density at radius 3 is 2.28 bits per heavy atom. The van der Waals surface area contributed by atoms with Crippen LogP contribution in [0, 0.1) is 0 Å². The number of esters is 1. The molecule has 4 rings (SSSR count). The van der Waals surface area contributed by atoms with Crippen LogP contribution in [-0.4, -0.2) is 24.1 Å². The first kappa shape index (κ1) is 19.4. The molecule has 1 aromatic heterocycles. The average Bonchev–Trinajstić information content (AvgIpc) is 3.44. The van der Waals surface area contributed by atoms with Crippen molar-refractivity contribution in [2.75, 3.05) is 0 Å². The van der Waals surface area contributed by atoms with Gasteiger partial charge >= 0.3 is 5.97 Å². The molecule has 0 spiro atoms. The smallest absolute Gasteiger partial charge is 0.328 e. The number of hydrogen-bond acceptors (Lipinski definition) is 6. The van der Waals surface area contributed by atoms with Gasteiger partial charge in [0.2, 0.25) is 5.89 Å². The van der Waals surface area contributed by atoms with Crippen molar-refractivity contribution < 1.29 is 22.4 Å². The highest BCUT2D eigenvalue weighted by molar-refractivity contribution is 7.93. The monoisotopic (exact) mass is 411 g/mol. The van der Waals surface area contributed by atoms with Gasteiger partial charge in [0.1, 0.15) is 0 Å². The van der Waals surface area contributed by atoms with Crippen LogP contribution in [0.15, 0.2) is 76.2 Å². The number of ether oxygens (including phenoxy) is 1. The number of sulfone groups is 1. The Balaban J connectivity index is 1.53. The lowest BCUT2D eigenvalue weighted by atomic mass is 10.1. The minimum atomic E-state index is -3.87. The molecule has 0 radical (unpaired) electrons. The van der Waals surface area contributed by atoms with Crippen LogP contribution >= 0.6 is 0 Å². The summed E-state index contributed by atoms with van der Waals surface area (Å²) >= 11 is 0. The third-order valence-electron chi connectivity index (χ3n) is 5.29. The van der Waals surface area contributed by atoms with E-state index in [1.54, 1.807) is 24.4 Å². The molecular weight excluding hydrogens is 390 g/mol. The average molecular weight is 411 g/mol. The summed E-state index contributed by atoms with van der Waals surface area (Å²) in [5.74, 6) is 0.0462. The molecule has 1 saturated carbocycles. The standard InChI is InChI=1S/C22H21NO5S/c24-21(27-16-20-23-15-19(28-20)17-9-3-1-4-10-17)22(13-7-8-14-22)29(25,26)18-11-5-2-6-12-18/h1-6,9-12,15H,7-8,13-14,16H2. The maximum atomic E-state index is 13.3. The summed E-state index contributed by atoms with van der Waals surface area (Å²) in [6.07, 6.45) is 3.40. The topological polar surface area (TPSA) is 86.5 Å². The fraction of sp³-hybridized carbons (Fsp3) is 0.273. The molecule has 0 unspecified atom stereocenters. The summed E-state index contributed by atoms with van der Waals surface area (Å²) in [5.41, 5.74) is 0.858. The number of hydrogen-bond donors (Lipinski definition) is 0. The second-order valence-corrected chi connectivity index (χ2v) is 9.34.